The fourth-order valence-electron chi connectivity index (χ4n) is 2.45. The van der Waals surface area contributed by atoms with E-state index in [1.54, 1.807) is 17.1 Å². The summed E-state index contributed by atoms with van der Waals surface area (Å²) in [5.74, 6) is 0.0740. The van der Waals surface area contributed by atoms with Crippen molar-refractivity contribution in [1.82, 2.24) is 14.7 Å². The first-order chi connectivity index (χ1) is 9.74. The predicted molar refractivity (Wildman–Crippen MR) is 78.3 cm³/mol. The first kappa shape index (κ1) is 13.2. The molecule has 1 aromatic carbocycles. The van der Waals surface area contributed by atoms with E-state index in [1.165, 1.54) is 6.42 Å². The van der Waals surface area contributed by atoms with Gasteiger partial charge in [0.1, 0.15) is 0 Å². The first-order valence-corrected chi connectivity index (χ1v) is 7.22. The third-order valence-corrected chi connectivity index (χ3v) is 3.82. The van der Waals surface area contributed by atoms with Crippen LogP contribution < -0.4 is 0 Å². The molecule has 1 saturated heterocycles. The number of hydrogen-bond acceptors (Lipinski definition) is 2. The number of benzene rings is 1. The number of amides is 1. The number of rotatable bonds is 2. The van der Waals surface area contributed by atoms with Gasteiger partial charge in [0, 0.05) is 24.3 Å². The molecule has 0 unspecified atom stereocenters. The molecule has 0 bridgehead atoms. The molecule has 0 saturated carbocycles. The van der Waals surface area contributed by atoms with E-state index in [0.717, 1.165) is 31.6 Å². The SMILES string of the molecule is O=C(c1cnn(-c2ccc(Cl)cc2)c1)N1CCCCC1. The molecule has 0 N–H and O–H groups in total. The minimum atomic E-state index is 0.0740. The Balaban J connectivity index is 1.79. The molecule has 4 nitrogen and oxygen atoms in total. The van der Waals surface area contributed by atoms with E-state index in [0.29, 0.717) is 10.6 Å². The van der Waals surface area contributed by atoms with Gasteiger partial charge < -0.3 is 4.90 Å². The predicted octanol–water partition coefficient (Wildman–Crippen LogP) is 3.15. The van der Waals surface area contributed by atoms with Crippen molar-refractivity contribution in [2.45, 2.75) is 19.3 Å². The van der Waals surface area contributed by atoms with Crippen molar-refractivity contribution in [3.8, 4) is 5.69 Å². The zero-order chi connectivity index (χ0) is 13.9. The Morgan fingerprint density at radius 1 is 1.10 bits per heavy atom. The van der Waals surface area contributed by atoms with Crippen molar-refractivity contribution in [2.75, 3.05) is 13.1 Å². The highest BCUT2D eigenvalue weighted by atomic mass is 35.5. The fraction of sp³-hybridized carbons (Fsp3) is 0.333. The number of carbonyl (C=O) groups excluding carboxylic acids is 1. The Morgan fingerprint density at radius 2 is 1.80 bits per heavy atom. The van der Waals surface area contributed by atoms with Gasteiger partial charge in [-0.1, -0.05) is 11.6 Å². The van der Waals surface area contributed by atoms with Crippen LogP contribution in [0.3, 0.4) is 0 Å². The Morgan fingerprint density at radius 3 is 2.50 bits per heavy atom. The monoisotopic (exact) mass is 289 g/mol. The lowest BCUT2D eigenvalue weighted by Crippen LogP contribution is -2.35. The van der Waals surface area contributed by atoms with Crippen LogP contribution in [0.25, 0.3) is 5.69 Å². The number of carbonyl (C=O) groups is 1. The molecule has 0 aliphatic carbocycles. The normalized spacial score (nSPS) is 15.3. The fourth-order valence-corrected chi connectivity index (χ4v) is 2.57. The second kappa shape index (κ2) is 5.67. The van der Waals surface area contributed by atoms with Crippen LogP contribution in [0.1, 0.15) is 29.6 Å². The average Bonchev–Trinajstić information content (AvgIpc) is 2.98. The highest BCUT2D eigenvalue weighted by molar-refractivity contribution is 6.30. The van der Waals surface area contributed by atoms with Crippen LogP contribution in [0.15, 0.2) is 36.7 Å². The van der Waals surface area contributed by atoms with Gasteiger partial charge in [-0.05, 0) is 43.5 Å². The van der Waals surface area contributed by atoms with Crippen LogP contribution in [0.4, 0.5) is 0 Å². The van der Waals surface area contributed by atoms with Crippen molar-refractivity contribution >= 4 is 17.5 Å². The number of piperidine rings is 1. The van der Waals surface area contributed by atoms with E-state index in [1.807, 2.05) is 29.2 Å². The van der Waals surface area contributed by atoms with Crippen molar-refractivity contribution in [1.29, 1.82) is 0 Å². The van der Waals surface area contributed by atoms with Gasteiger partial charge in [-0.25, -0.2) is 4.68 Å². The number of hydrogen-bond donors (Lipinski definition) is 0. The average molecular weight is 290 g/mol. The molecule has 2 heterocycles. The van der Waals surface area contributed by atoms with Crippen LogP contribution >= 0.6 is 11.6 Å². The molecule has 104 valence electrons. The quantitative estimate of drug-likeness (QED) is 0.852. The van der Waals surface area contributed by atoms with Gasteiger partial charge in [-0.15, -0.1) is 0 Å². The van der Waals surface area contributed by atoms with E-state index >= 15 is 0 Å². The molecule has 1 amide bonds. The summed E-state index contributed by atoms with van der Waals surface area (Å²) in [4.78, 5) is 14.3. The molecule has 0 spiro atoms. The van der Waals surface area contributed by atoms with Crippen LogP contribution in [0, 0.1) is 0 Å². The number of aromatic nitrogens is 2. The van der Waals surface area contributed by atoms with Gasteiger partial charge >= 0.3 is 0 Å². The summed E-state index contributed by atoms with van der Waals surface area (Å²) in [6.07, 6.45) is 6.81. The van der Waals surface area contributed by atoms with Crippen LogP contribution in [-0.4, -0.2) is 33.7 Å². The van der Waals surface area contributed by atoms with Crippen LogP contribution in [0.2, 0.25) is 5.02 Å². The van der Waals surface area contributed by atoms with E-state index in [4.69, 9.17) is 11.6 Å². The molecule has 3 rings (SSSR count). The van der Waals surface area contributed by atoms with Gasteiger partial charge in [0.05, 0.1) is 17.4 Å². The molecule has 5 heteroatoms. The Bertz CT molecular complexity index is 600. The number of halogens is 1. The lowest BCUT2D eigenvalue weighted by atomic mass is 10.1. The summed E-state index contributed by atoms with van der Waals surface area (Å²) < 4.78 is 1.70. The number of nitrogens with zero attached hydrogens (tertiary/aromatic N) is 3. The lowest BCUT2D eigenvalue weighted by Gasteiger charge is -2.26. The topological polar surface area (TPSA) is 38.1 Å². The van der Waals surface area contributed by atoms with Crippen molar-refractivity contribution < 1.29 is 4.79 Å². The molecule has 1 fully saturated rings. The van der Waals surface area contributed by atoms with E-state index in [2.05, 4.69) is 5.10 Å². The summed E-state index contributed by atoms with van der Waals surface area (Å²) in [5, 5.41) is 4.94. The van der Waals surface area contributed by atoms with Gasteiger partial charge in [0.15, 0.2) is 0 Å². The Labute approximate surface area is 123 Å². The van der Waals surface area contributed by atoms with Gasteiger partial charge in [0.25, 0.3) is 5.91 Å². The van der Waals surface area contributed by atoms with E-state index in [9.17, 15) is 4.79 Å². The highest BCUT2D eigenvalue weighted by Crippen LogP contribution is 2.16. The largest absolute Gasteiger partial charge is 0.339 e. The zero-order valence-corrected chi connectivity index (χ0v) is 11.9. The second-order valence-electron chi connectivity index (χ2n) is 5.00. The van der Waals surface area contributed by atoms with Crippen molar-refractivity contribution in [3.63, 3.8) is 0 Å². The molecular formula is C15H16ClN3O. The summed E-state index contributed by atoms with van der Waals surface area (Å²) in [7, 11) is 0. The van der Waals surface area contributed by atoms with Crippen molar-refractivity contribution in [3.05, 3.63) is 47.2 Å². The standard InChI is InChI=1S/C15H16ClN3O/c16-13-4-6-14(7-5-13)19-11-12(10-17-19)15(20)18-8-2-1-3-9-18/h4-7,10-11H,1-3,8-9H2. The molecule has 0 radical (unpaired) electrons. The summed E-state index contributed by atoms with van der Waals surface area (Å²) in [5.41, 5.74) is 1.54. The highest BCUT2D eigenvalue weighted by Gasteiger charge is 2.19. The lowest BCUT2D eigenvalue weighted by molar-refractivity contribution is 0.0724. The van der Waals surface area contributed by atoms with Gasteiger partial charge in [0.2, 0.25) is 0 Å². The molecule has 1 aliphatic heterocycles. The summed E-state index contributed by atoms with van der Waals surface area (Å²) in [6, 6.07) is 7.38. The summed E-state index contributed by atoms with van der Waals surface area (Å²) >= 11 is 5.87. The molecule has 2 aromatic rings. The smallest absolute Gasteiger partial charge is 0.257 e. The van der Waals surface area contributed by atoms with Gasteiger partial charge in [-0.3, -0.25) is 4.79 Å². The minimum Gasteiger partial charge on any atom is -0.339 e. The Hall–Kier alpha value is -1.81. The van der Waals surface area contributed by atoms with E-state index < -0.39 is 0 Å². The molecular weight excluding hydrogens is 274 g/mol. The van der Waals surface area contributed by atoms with Gasteiger partial charge in [-0.2, -0.15) is 5.10 Å². The van der Waals surface area contributed by atoms with Crippen LogP contribution in [-0.2, 0) is 0 Å². The third kappa shape index (κ3) is 2.70. The maximum absolute atomic E-state index is 12.3. The van der Waals surface area contributed by atoms with Crippen LogP contribution in [0.5, 0.6) is 0 Å². The second-order valence-corrected chi connectivity index (χ2v) is 5.44. The first-order valence-electron chi connectivity index (χ1n) is 6.84. The van der Waals surface area contributed by atoms with E-state index in [-0.39, 0.29) is 5.91 Å². The maximum atomic E-state index is 12.3. The summed E-state index contributed by atoms with van der Waals surface area (Å²) in [6.45, 7) is 1.70. The Kier molecular flexibility index (Phi) is 3.74. The maximum Gasteiger partial charge on any atom is 0.257 e. The number of likely N-dealkylation sites (tertiary alicyclic amines) is 1. The minimum absolute atomic E-state index is 0.0740. The molecule has 0 atom stereocenters. The molecule has 1 aliphatic rings. The van der Waals surface area contributed by atoms with Crippen molar-refractivity contribution in [2.24, 2.45) is 0 Å². The zero-order valence-electron chi connectivity index (χ0n) is 11.1. The molecule has 1 aromatic heterocycles. The third-order valence-electron chi connectivity index (χ3n) is 3.56. The molecule has 20 heavy (non-hydrogen) atoms.